The van der Waals surface area contributed by atoms with Crippen molar-refractivity contribution in [3.63, 3.8) is 0 Å². The SMILES string of the molecule is O=C(CSc1ncnc2sccc12)Nc1cc([N+](=O)[O-])ccc1Cl. The predicted octanol–water partition coefficient (Wildman–Crippen LogP) is 3.98. The molecule has 3 aromatic rings. The van der Waals surface area contributed by atoms with Gasteiger partial charge in [0.1, 0.15) is 16.2 Å². The van der Waals surface area contributed by atoms with Crippen molar-refractivity contribution in [2.24, 2.45) is 0 Å². The predicted molar refractivity (Wildman–Crippen MR) is 94.9 cm³/mol. The van der Waals surface area contributed by atoms with Crippen molar-refractivity contribution < 1.29 is 9.72 Å². The van der Waals surface area contributed by atoms with E-state index >= 15 is 0 Å². The number of thiophene rings is 1. The van der Waals surface area contributed by atoms with Gasteiger partial charge in [-0.05, 0) is 17.5 Å². The lowest BCUT2D eigenvalue weighted by Gasteiger charge is -2.07. The standard InChI is InChI=1S/C14H9ClN4O3S2/c15-10-2-1-8(19(21)22)5-11(10)18-12(20)6-24-14-9-3-4-23-13(9)16-7-17-14/h1-5,7H,6H2,(H,18,20). The third kappa shape index (κ3) is 3.64. The monoisotopic (exact) mass is 380 g/mol. The van der Waals surface area contributed by atoms with Gasteiger partial charge in [-0.3, -0.25) is 14.9 Å². The van der Waals surface area contributed by atoms with Crippen molar-refractivity contribution >= 4 is 62.2 Å². The van der Waals surface area contributed by atoms with Crippen LogP contribution in [0, 0.1) is 10.1 Å². The lowest BCUT2D eigenvalue weighted by molar-refractivity contribution is -0.384. The summed E-state index contributed by atoms with van der Waals surface area (Å²) in [4.78, 5) is 31.5. The van der Waals surface area contributed by atoms with E-state index in [4.69, 9.17) is 11.6 Å². The highest BCUT2D eigenvalue weighted by Crippen LogP contribution is 2.29. The Morgan fingerprint density at radius 2 is 2.21 bits per heavy atom. The van der Waals surface area contributed by atoms with Gasteiger partial charge in [0.05, 0.1) is 21.4 Å². The van der Waals surface area contributed by atoms with Gasteiger partial charge in [-0.15, -0.1) is 11.3 Å². The molecule has 0 bridgehead atoms. The molecule has 122 valence electrons. The number of non-ortho nitro benzene ring substituents is 1. The Morgan fingerprint density at radius 3 is 3.00 bits per heavy atom. The number of fused-ring (bicyclic) bond motifs is 1. The van der Waals surface area contributed by atoms with Crippen LogP contribution in [0.15, 0.2) is 41.0 Å². The zero-order chi connectivity index (χ0) is 17.1. The Balaban J connectivity index is 1.69. The van der Waals surface area contributed by atoms with E-state index in [0.717, 1.165) is 10.2 Å². The molecule has 0 saturated heterocycles. The van der Waals surface area contributed by atoms with Crippen molar-refractivity contribution in [2.75, 3.05) is 11.1 Å². The molecule has 10 heteroatoms. The van der Waals surface area contributed by atoms with Gasteiger partial charge in [-0.2, -0.15) is 0 Å². The minimum Gasteiger partial charge on any atom is -0.324 e. The fourth-order valence-electron chi connectivity index (χ4n) is 1.93. The number of nitrogens with zero attached hydrogens (tertiary/aromatic N) is 3. The summed E-state index contributed by atoms with van der Waals surface area (Å²) in [6.07, 6.45) is 1.45. The summed E-state index contributed by atoms with van der Waals surface area (Å²) >= 11 is 8.73. The number of hydrogen-bond donors (Lipinski definition) is 1. The number of nitrogens with one attached hydrogen (secondary N) is 1. The molecule has 0 aliphatic heterocycles. The summed E-state index contributed by atoms with van der Waals surface area (Å²) in [5.41, 5.74) is 0.0676. The molecule has 0 unspecified atom stereocenters. The molecule has 2 heterocycles. The lowest BCUT2D eigenvalue weighted by atomic mass is 10.3. The quantitative estimate of drug-likeness (QED) is 0.311. The van der Waals surface area contributed by atoms with E-state index in [1.54, 1.807) is 0 Å². The lowest BCUT2D eigenvalue weighted by Crippen LogP contribution is -2.14. The number of rotatable bonds is 5. The van der Waals surface area contributed by atoms with Gasteiger partial charge < -0.3 is 5.32 Å². The maximum Gasteiger partial charge on any atom is 0.271 e. The highest BCUT2D eigenvalue weighted by Gasteiger charge is 2.13. The first-order valence-corrected chi connectivity index (χ1v) is 8.83. The average Bonchev–Trinajstić information content (AvgIpc) is 3.04. The molecular formula is C14H9ClN4O3S2. The Hall–Kier alpha value is -2.23. The number of benzene rings is 1. The number of anilines is 1. The first-order valence-electron chi connectivity index (χ1n) is 6.59. The van der Waals surface area contributed by atoms with Crippen molar-refractivity contribution in [1.82, 2.24) is 9.97 Å². The summed E-state index contributed by atoms with van der Waals surface area (Å²) in [6, 6.07) is 5.78. The van der Waals surface area contributed by atoms with Gasteiger partial charge in [0.25, 0.3) is 5.69 Å². The van der Waals surface area contributed by atoms with E-state index in [1.165, 1.54) is 47.6 Å². The Kier molecular flexibility index (Phi) is 4.93. The van der Waals surface area contributed by atoms with E-state index in [-0.39, 0.29) is 28.1 Å². The Morgan fingerprint density at radius 1 is 1.38 bits per heavy atom. The number of hydrogen-bond acceptors (Lipinski definition) is 7. The number of nitro groups is 1. The van der Waals surface area contributed by atoms with E-state index in [2.05, 4.69) is 15.3 Å². The van der Waals surface area contributed by atoms with Gasteiger partial charge in [0.15, 0.2) is 0 Å². The molecule has 1 amide bonds. The summed E-state index contributed by atoms with van der Waals surface area (Å²) in [6.45, 7) is 0. The van der Waals surface area contributed by atoms with Gasteiger partial charge in [0.2, 0.25) is 5.91 Å². The molecule has 2 aromatic heterocycles. The van der Waals surface area contributed by atoms with E-state index in [1.807, 2.05) is 11.4 Å². The van der Waals surface area contributed by atoms with E-state index in [0.29, 0.717) is 5.03 Å². The van der Waals surface area contributed by atoms with Crippen LogP contribution >= 0.6 is 34.7 Å². The maximum atomic E-state index is 12.1. The number of carbonyl (C=O) groups excluding carboxylic acids is 1. The van der Waals surface area contributed by atoms with Crippen molar-refractivity contribution in [1.29, 1.82) is 0 Å². The number of carbonyl (C=O) groups is 1. The fraction of sp³-hybridized carbons (Fsp3) is 0.0714. The minimum absolute atomic E-state index is 0.0982. The van der Waals surface area contributed by atoms with Crippen LogP contribution in [0.1, 0.15) is 0 Å². The molecule has 0 spiro atoms. The summed E-state index contributed by atoms with van der Waals surface area (Å²) < 4.78 is 0. The molecule has 3 rings (SSSR count). The minimum atomic E-state index is -0.547. The first-order chi connectivity index (χ1) is 11.5. The number of thioether (sulfide) groups is 1. The van der Waals surface area contributed by atoms with Crippen LogP contribution in [0.4, 0.5) is 11.4 Å². The topological polar surface area (TPSA) is 98.0 Å². The third-order valence-corrected chi connectivity index (χ3v) is 5.16. The van der Waals surface area contributed by atoms with Crippen molar-refractivity contribution in [3.05, 3.63) is 51.1 Å². The highest BCUT2D eigenvalue weighted by molar-refractivity contribution is 8.00. The molecule has 0 saturated carbocycles. The van der Waals surface area contributed by atoms with Gasteiger partial charge in [-0.25, -0.2) is 9.97 Å². The smallest absolute Gasteiger partial charge is 0.271 e. The largest absolute Gasteiger partial charge is 0.324 e. The van der Waals surface area contributed by atoms with Crippen LogP contribution in [0.2, 0.25) is 5.02 Å². The maximum absolute atomic E-state index is 12.1. The van der Waals surface area contributed by atoms with Gasteiger partial charge in [0, 0.05) is 17.5 Å². The molecule has 1 N–H and O–H groups in total. The highest BCUT2D eigenvalue weighted by atomic mass is 35.5. The molecule has 1 aromatic carbocycles. The Labute approximate surface area is 149 Å². The van der Waals surface area contributed by atoms with Crippen molar-refractivity contribution in [3.8, 4) is 0 Å². The normalized spacial score (nSPS) is 10.7. The molecule has 0 aliphatic rings. The van der Waals surface area contributed by atoms with Crippen LogP contribution in [-0.4, -0.2) is 26.6 Å². The van der Waals surface area contributed by atoms with Crippen molar-refractivity contribution in [2.45, 2.75) is 5.03 Å². The average molecular weight is 381 g/mol. The fourth-order valence-corrected chi connectivity index (χ4v) is 3.67. The third-order valence-electron chi connectivity index (χ3n) is 3.00. The van der Waals surface area contributed by atoms with Crippen LogP contribution in [0.25, 0.3) is 10.2 Å². The first kappa shape index (κ1) is 16.6. The molecule has 7 nitrogen and oxygen atoms in total. The summed E-state index contributed by atoms with van der Waals surface area (Å²) in [5, 5.41) is 17.1. The van der Waals surface area contributed by atoms with Crippen LogP contribution in [0.5, 0.6) is 0 Å². The van der Waals surface area contributed by atoms with Crippen LogP contribution < -0.4 is 5.32 Å². The molecule has 0 fully saturated rings. The second kappa shape index (κ2) is 7.12. The molecule has 24 heavy (non-hydrogen) atoms. The zero-order valence-electron chi connectivity index (χ0n) is 11.9. The van der Waals surface area contributed by atoms with E-state index < -0.39 is 4.92 Å². The molecule has 0 atom stereocenters. The van der Waals surface area contributed by atoms with Gasteiger partial charge in [-0.1, -0.05) is 23.4 Å². The van der Waals surface area contributed by atoms with Gasteiger partial charge >= 0.3 is 0 Å². The van der Waals surface area contributed by atoms with Crippen LogP contribution in [-0.2, 0) is 4.79 Å². The Bertz CT molecular complexity index is 931. The van der Waals surface area contributed by atoms with Crippen LogP contribution in [0.3, 0.4) is 0 Å². The van der Waals surface area contributed by atoms with E-state index in [9.17, 15) is 14.9 Å². The summed E-state index contributed by atoms with van der Waals surface area (Å²) in [5.74, 6) is -0.231. The molecule has 0 radical (unpaired) electrons. The second-order valence-corrected chi connectivity index (χ2v) is 6.84. The summed E-state index contributed by atoms with van der Waals surface area (Å²) in [7, 11) is 0. The zero-order valence-corrected chi connectivity index (χ0v) is 14.3. The number of aromatic nitrogens is 2. The number of halogens is 1. The number of nitro benzene ring substituents is 1. The second-order valence-electron chi connectivity index (χ2n) is 4.58. The number of amides is 1. The molecule has 0 aliphatic carbocycles. The molecular weight excluding hydrogens is 372 g/mol.